The van der Waals surface area contributed by atoms with Crippen molar-refractivity contribution < 1.29 is 9.53 Å². The van der Waals surface area contributed by atoms with Crippen LogP contribution in [0.5, 0.6) is 0 Å². The summed E-state index contributed by atoms with van der Waals surface area (Å²) in [5.74, 6) is 3.34. The van der Waals surface area contributed by atoms with Crippen molar-refractivity contribution in [2.45, 2.75) is 64.5 Å². The molecule has 1 N–H and O–H groups in total. The van der Waals surface area contributed by atoms with Crippen LogP contribution in [-0.2, 0) is 4.74 Å². The quantitative estimate of drug-likeness (QED) is 0.847. The van der Waals surface area contributed by atoms with E-state index >= 15 is 0 Å². The van der Waals surface area contributed by atoms with Gasteiger partial charge in [-0.2, -0.15) is 5.26 Å². The molecule has 0 aliphatic heterocycles. The Morgan fingerprint density at radius 1 is 1.14 bits per heavy atom. The molecule has 4 rings (SSSR count). The number of carbonyl (C=O) groups is 1. The van der Waals surface area contributed by atoms with Crippen LogP contribution >= 0.6 is 0 Å². The van der Waals surface area contributed by atoms with Crippen LogP contribution in [0.25, 0.3) is 0 Å². The summed E-state index contributed by atoms with van der Waals surface area (Å²) >= 11 is 0. The number of nitrogens with zero attached hydrogens (tertiary/aromatic N) is 1. The van der Waals surface area contributed by atoms with Crippen LogP contribution in [0.15, 0.2) is 0 Å². The number of hydrogen-bond donors (Lipinski definition) is 1. The van der Waals surface area contributed by atoms with Crippen LogP contribution in [-0.4, -0.2) is 17.7 Å². The summed E-state index contributed by atoms with van der Waals surface area (Å²) in [7, 11) is 0. The number of nitrogens with one attached hydrogen (secondary N) is 1. The van der Waals surface area contributed by atoms with Gasteiger partial charge >= 0.3 is 6.09 Å². The number of rotatable bonds is 2. The number of nitriles is 1. The molecule has 21 heavy (non-hydrogen) atoms. The van der Waals surface area contributed by atoms with E-state index in [4.69, 9.17) is 4.74 Å². The number of alkyl carbamates (subject to hydrolysis) is 1. The Morgan fingerprint density at radius 2 is 1.67 bits per heavy atom. The highest BCUT2D eigenvalue weighted by Crippen LogP contribution is 2.57. The van der Waals surface area contributed by atoms with Gasteiger partial charge in [-0.1, -0.05) is 0 Å². The van der Waals surface area contributed by atoms with Gasteiger partial charge in [0.15, 0.2) is 0 Å². The first-order chi connectivity index (χ1) is 9.85. The minimum absolute atomic E-state index is 0.329. The number of carbonyl (C=O) groups excluding carboxylic acids is 1. The molecule has 0 spiro atoms. The molecule has 0 radical (unpaired) electrons. The van der Waals surface area contributed by atoms with Gasteiger partial charge in [0.2, 0.25) is 0 Å². The maximum atomic E-state index is 12.0. The van der Waals surface area contributed by atoms with E-state index in [-0.39, 0.29) is 0 Å². The third-order valence-electron chi connectivity index (χ3n) is 5.50. The fourth-order valence-electron chi connectivity index (χ4n) is 5.16. The van der Waals surface area contributed by atoms with Crippen LogP contribution < -0.4 is 5.32 Å². The minimum Gasteiger partial charge on any atom is -0.444 e. The van der Waals surface area contributed by atoms with Crippen LogP contribution in [0.2, 0.25) is 0 Å². The fraction of sp³-hybridized carbons (Fsp3) is 0.882. The molecule has 0 saturated heterocycles. The average Bonchev–Trinajstić information content (AvgIpc) is 2.33. The maximum Gasteiger partial charge on any atom is 0.408 e. The molecule has 0 aromatic rings. The van der Waals surface area contributed by atoms with Gasteiger partial charge in [-0.3, -0.25) is 0 Å². The second kappa shape index (κ2) is 5.19. The first kappa shape index (κ1) is 14.7. The third-order valence-corrected chi connectivity index (χ3v) is 5.50. The van der Waals surface area contributed by atoms with Crippen molar-refractivity contribution in [3.63, 3.8) is 0 Å². The van der Waals surface area contributed by atoms with Gasteiger partial charge in [-0.15, -0.1) is 0 Å². The summed E-state index contributed by atoms with van der Waals surface area (Å²) in [5, 5.41) is 12.4. The topological polar surface area (TPSA) is 62.1 Å². The lowest BCUT2D eigenvalue weighted by atomic mass is 9.50. The molecule has 0 aromatic heterocycles. The lowest BCUT2D eigenvalue weighted by molar-refractivity contribution is -0.0452. The van der Waals surface area contributed by atoms with Crippen molar-refractivity contribution in [2.24, 2.45) is 29.6 Å². The zero-order valence-corrected chi connectivity index (χ0v) is 13.3. The smallest absolute Gasteiger partial charge is 0.408 e. The molecule has 4 aliphatic carbocycles. The molecule has 1 atom stereocenters. The highest BCUT2D eigenvalue weighted by Gasteiger charge is 2.51. The number of hydrogen-bond acceptors (Lipinski definition) is 3. The third kappa shape index (κ3) is 3.02. The summed E-state index contributed by atoms with van der Waals surface area (Å²) in [6.45, 7) is 5.53. The summed E-state index contributed by atoms with van der Waals surface area (Å²) in [6, 6.07) is 1.94. The lowest BCUT2D eigenvalue weighted by Gasteiger charge is -2.55. The van der Waals surface area contributed by atoms with E-state index in [9.17, 15) is 10.1 Å². The molecule has 4 aliphatic rings. The maximum absolute atomic E-state index is 12.0. The molecule has 4 fully saturated rings. The average molecular weight is 290 g/mol. The van der Waals surface area contributed by atoms with Gasteiger partial charge in [0, 0.05) is 0 Å². The summed E-state index contributed by atoms with van der Waals surface area (Å²) < 4.78 is 5.31. The largest absolute Gasteiger partial charge is 0.444 e. The predicted octanol–water partition coefficient (Wildman–Crippen LogP) is 3.48. The Morgan fingerprint density at radius 3 is 2.10 bits per heavy atom. The summed E-state index contributed by atoms with van der Waals surface area (Å²) in [6.07, 6.45) is 5.97. The van der Waals surface area contributed by atoms with Crippen molar-refractivity contribution in [3.05, 3.63) is 0 Å². The Labute approximate surface area is 127 Å². The minimum atomic E-state index is -0.520. The van der Waals surface area contributed by atoms with E-state index in [0.29, 0.717) is 17.8 Å². The molecule has 1 amide bonds. The molecule has 116 valence electrons. The Bertz CT molecular complexity index is 432. The van der Waals surface area contributed by atoms with Gasteiger partial charge < -0.3 is 10.1 Å². The van der Waals surface area contributed by atoms with Gasteiger partial charge in [0.25, 0.3) is 0 Å². The zero-order valence-electron chi connectivity index (χ0n) is 13.3. The van der Waals surface area contributed by atoms with Crippen LogP contribution in [0.1, 0.15) is 52.9 Å². The van der Waals surface area contributed by atoms with E-state index in [1.165, 1.54) is 32.1 Å². The number of amides is 1. The first-order valence-corrected chi connectivity index (χ1v) is 8.25. The molecule has 4 heteroatoms. The summed E-state index contributed by atoms with van der Waals surface area (Å²) in [5.41, 5.74) is -0.520. The molecular formula is C17H26N2O2. The van der Waals surface area contributed by atoms with Crippen LogP contribution in [0.3, 0.4) is 0 Å². The van der Waals surface area contributed by atoms with Gasteiger partial charge in [-0.25, -0.2) is 4.79 Å². The van der Waals surface area contributed by atoms with Crippen molar-refractivity contribution >= 4 is 6.09 Å². The van der Waals surface area contributed by atoms with E-state index in [0.717, 1.165) is 11.8 Å². The molecular weight excluding hydrogens is 264 g/mol. The standard InChI is InChI=1S/C17H26N2O2/c1-17(2,3)21-16(20)19-14(9-18)15-12-5-10-4-11(7-12)8-13(15)6-10/h10-15H,4-8H2,1-3H3,(H,19,20). The second-order valence-electron chi connectivity index (χ2n) is 8.26. The van der Waals surface area contributed by atoms with E-state index < -0.39 is 17.7 Å². The predicted molar refractivity (Wildman–Crippen MR) is 79.3 cm³/mol. The number of ether oxygens (including phenoxy) is 1. The van der Waals surface area contributed by atoms with Crippen LogP contribution in [0, 0.1) is 40.9 Å². The van der Waals surface area contributed by atoms with Gasteiger partial charge in [0.05, 0.1) is 6.07 Å². The highest BCUT2D eigenvalue weighted by molar-refractivity contribution is 5.68. The molecule has 4 bridgehead atoms. The fourth-order valence-corrected chi connectivity index (χ4v) is 5.16. The first-order valence-electron chi connectivity index (χ1n) is 8.25. The Hall–Kier alpha value is -1.24. The normalized spacial score (nSPS) is 38.7. The zero-order chi connectivity index (χ0) is 15.2. The van der Waals surface area contributed by atoms with E-state index in [2.05, 4.69) is 11.4 Å². The molecule has 4 nitrogen and oxygen atoms in total. The molecule has 0 aromatic carbocycles. The second-order valence-corrected chi connectivity index (χ2v) is 8.26. The lowest BCUT2D eigenvalue weighted by Crippen LogP contribution is -2.54. The van der Waals surface area contributed by atoms with Crippen LogP contribution in [0.4, 0.5) is 4.79 Å². The Balaban J connectivity index is 1.67. The van der Waals surface area contributed by atoms with Gasteiger partial charge in [-0.05, 0) is 82.5 Å². The molecule has 0 heterocycles. The van der Waals surface area contributed by atoms with Crippen molar-refractivity contribution in [3.8, 4) is 6.07 Å². The van der Waals surface area contributed by atoms with Crippen molar-refractivity contribution in [2.75, 3.05) is 0 Å². The molecule has 4 saturated carbocycles. The highest BCUT2D eigenvalue weighted by atomic mass is 16.6. The monoisotopic (exact) mass is 290 g/mol. The molecule has 1 unspecified atom stereocenters. The van der Waals surface area contributed by atoms with Crippen molar-refractivity contribution in [1.29, 1.82) is 5.26 Å². The van der Waals surface area contributed by atoms with Gasteiger partial charge in [0.1, 0.15) is 11.6 Å². The Kier molecular flexibility index (Phi) is 3.63. The SMILES string of the molecule is CC(C)(C)OC(=O)NC(C#N)C1C2CC3CC(C2)CC1C3. The summed E-state index contributed by atoms with van der Waals surface area (Å²) in [4.78, 5) is 12.0. The van der Waals surface area contributed by atoms with E-state index in [1.807, 2.05) is 20.8 Å². The van der Waals surface area contributed by atoms with E-state index in [1.54, 1.807) is 0 Å². The van der Waals surface area contributed by atoms with Crippen molar-refractivity contribution in [1.82, 2.24) is 5.32 Å².